The number of nitrogens with zero attached hydrogens (tertiary/aromatic N) is 2. The first-order valence-electron chi connectivity index (χ1n) is 3.38. The second-order valence-corrected chi connectivity index (χ2v) is 2.77. The van der Waals surface area contributed by atoms with Gasteiger partial charge in [-0.3, -0.25) is 0 Å². The van der Waals surface area contributed by atoms with Crippen LogP contribution in [0, 0.1) is 0 Å². The Morgan fingerprint density at radius 1 is 1.33 bits per heavy atom. The van der Waals surface area contributed by atoms with Crippen LogP contribution in [-0.2, 0) is 0 Å². The molecule has 0 spiro atoms. The minimum atomic E-state index is 0.381. The monoisotopic (exact) mass is 129 g/mol. The van der Waals surface area contributed by atoms with Crippen LogP contribution in [0.1, 0.15) is 6.42 Å². The lowest BCUT2D eigenvalue weighted by Crippen LogP contribution is -2.50. The maximum atomic E-state index is 5.72. The first-order chi connectivity index (χ1) is 4.20. The Labute approximate surface area is 56.4 Å². The lowest BCUT2D eigenvalue weighted by Gasteiger charge is -2.35. The zero-order valence-electron chi connectivity index (χ0n) is 6.17. The highest BCUT2D eigenvalue weighted by molar-refractivity contribution is 4.70. The van der Waals surface area contributed by atoms with Gasteiger partial charge in [0.15, 0.2) is 0 Å². The molecular weight excluding hydrogens is 114 g/mol. The largest absolute Gasteiger partial charge is 0.326 e. The first kappa shape index (κ1) is 6.99. The molecule has 54 valence electrons. The molecule has 0 aliphatic carbocycles. The molecule has 0 aromatic rings. The summed E-state index contributed by atoms with van der Waals surface area (Å²) in [5.41, 5.74) is 5.72. The average molecular weight is 129 g/mol. The van der Waals surface area contributed by atoms with Crippen LogP contribution in [-0.4, -0.2) is 43.2 Å². The molecule has 0 amide bonds. The topological polar surface area (TPSA) is 32.5 Å². The Bertz CT molecular complexity index is 94.3. The molecule has 0 aromatic heterocycles. The van der Waals surface area contributed by atoms with Gasteiger partial charge in [-0.2, -0.15) is 0 Å². The maximum Gasteiger partial charge on any atom is 0.0282 e. The van der Waals surface area contributed by atoms with Crippen LogP contribution in [0.4, 0.5) is 0 Å². The molecule has 0 saturated carbocycles. The molecule has 0 radical (unpaired) electrons. The van der Waals surface area contributed by atoms with Gasteiger partial charge in [0, 0.05) is 33.2 Å². The number of nitrogens with two attached hydrogens (primary N) is 1. The number of hydrazine groups is 1. The van der Waals surface area contributed by atoms with Crippen LogP contribution < -0.4 is 5.73 Å². The molecule has 9 heavy (non-hydrogen) atoms. The summed E-state index contributed by atoms with van der Waals surface area (Å²) in [7, 11) is 4.16. The van der Waals surface area contributed by atoms with Crippen molar-refractivity contribution >= 4 is 0 Å². The molecule has 1 aliphatic heterocycles. The SMILES string of the molecule is CN1CC[C@H](N)CN1C. The van der Waals surface area contributed by atoms with E-state index >= 15 is 0 Å². The molecule has 1 aliphatic rings. The van der Waals surface area contributed by atoms with Crippen molar-refractivity contribution in [1.29, 1.82) is 0 Å². The fourth-order valence-electron chi connectivity index (χ4n) is 1.09. The molecule has 0 unspecified atom stereocenters. The van der Waals surface area contributed by atoms with Crippen molar-refractivity contribution in [2.45, 2.75) is 12.5 Å². The minimum Gasteiger partial charge on any atom is -0.326 e. The first-order valence-corrected chi connectivity index (χ1v) is 3.38. The van der Waals surface area contributed by atoms with Gasteiger partial charge in [0.25, 0.3) is 0 Å². The van der Waals surface area contributed by atoms with Crippen molar-refractivity contribution in [2.75, 3.05) is 27.2 Å². The van der Waals surface area contributed by atoms with Gasteiger partial charge < -0.3 is 5.73 Å². The summed E-state index contributed by atoms with van der Waals surface area (Å²) in [4.78, 5) is 0. The van der Waals surface area contributed by atoms with Crippen LogP contribution in [0.3, 0.4) is 0 Å². The van der Waals surface area contributed by atoms with Gasteiger partial charge in [-0.1, -0.05) is 0 Å². The van der Waals surface area contributed by atoms with Gasteiger partial charge in [-0.05, 0) is 6.42 Å². The van der Waals surface area contributed by atoms with Crippen LogP contribution >= 0.6 is 0 Å². The summed E-state index contributed by atoms with van der Waals surface area (Å²) >= 11 is 0. The van der Waals surface area contributed by atoms with Gasteiger partial charge in [-0.15, -0.1) is 0 Å². The van der Waals surface area contributed by atoms with E-state index < -0.39 is 0 Å². The van der Waals surface area contributed by atoms with E-state index in [0.29, 0.717) is 6.04 Å². The Kier molecular flexibility index (Phi) is 2.05. The Hall–Kier alpha value is -0.120. The van der Waals surface area contributed by atoms with E-state index in [4.69, 9.17) is 5.73 Å². The number of hydrogen-bond donors (Lipinski definition) is 1. The van der Waals surface area contributed by atoms with Crippen molar-refractivity contribution in [3.63, 3.8) is 0 Å². The Balaban J connectivity index is 2.35. The molecular formula is C6H15N3. The molecule has 1 heterocycles. The van der Waals surface area contributed by atoms with E-state index in [1.165, 1.54) is 0 Å². The number of likely N-dealkylation sites (N-methyl/N-ethyl adjacent to an activating group) is 1. The lowest BCUT2D eigenvalue weighted by molar-refractivity contribution is -0.00929. The highest BCUT2D eigenvalue weighted by Gasteiger charge is 2.16. The number of hydrogen-bond acceptors (Lipinski definition) is 3. The van der Waals surface area contributed by atoms with Crippen molar-refractivity contribution < 1.29 is 0 Å². The van der Waals surface area contributed by atoms with Crippen molar-refractivity contribution in [1.82, 2.24) is 10.0 Å². The van der Waals surface area contributed by atoms with Gasteiger partial charge in [0.05, 0.1) is 0 Å². The summed E-state index contributed by atoms with van der Waals surface area (Å²) in [6.07, 6.45) is 1.13. The zero-order chi connectivity index (χ0) is 6.85. The van der Waals surface area contributed by atoms with Crippen LogP contribution in [0.25, 0.3) is 0 Å². The lowest BCUT2D eigenvalue weighted by atomic mass is 10.2. The molecule has 1 fully saturated rings. The fraction of sp³-hybridized carbons (Fsp3) is 1.00. The molecule has 0 aromatic carbocycles. The Morgan fingerprint density at radius 2 is 2.00 bits per heavy atom. The van der Waals surface area contributed by atoms with E-state index in [9.17, 15) is 0 Å². The predicted octanol–water partition coefficient (Wildman–Crippen LogP) is -0.504. The zero-order valence-corrected chi connectivity index (χ0v) is 6.17. The third-order valence-corrected chi connectivity index (χ3v) is 1.91. The maximum absolute atomic E-state index is 5.72. The normalized spacial score (nSPS) is 33.0. The molecule has 0 bridgehead atoms. The Morgan fingerprint density at radius 3 is 2.44 bits per heavy atom. The smallest absolute Gasteiger partial charge is 0.0282 e. The molecule has 3 heteroatoms. The summed E-state index contributed by atoms with van der Waals surface area (Å²) in [6.45, 7) is 2.09. The van der Waals surface area contributed by atoms with Crippen molar-refractivity contribution in [3.8, 4) is 0 Å². The van der Waals surface area contributed by atoms with E-state index in [1.54, 1.807) is 0 Å². The van der Waals surface area contributed by atoms with Crippen LogP contribution in [0.15, 0.2) is 0 Å². The van der Waals surface area contributed by atoms with E-state index in [2.05, 4.69) is 24.1 Å². The molecule has 1 rings (SSSR count). The second kappa shape index (κ2) is 2.64. The van der Waals surface area contributed by atoms with Gasteiger partial charge in [0.2, 0.25) is 0 Å². The van der Waals surface area contributed by atoms with Crippen molar-refractivity contribution in [3.05, 3.63) is 0 Å². The van der Waals surface area contributed by atoms with Gasteiger partial charge in [0.1, 0.15) is 0 Å². The standard InChI is InChI=1S/C6H15N3/c1-8-4-3-6(7)5-9(8)2/h6H,3-5,7H2,1-2H3/t6-/m0/s1. The van der Waals surface area contributed by atoms with Gasteiger partial charge >= 0.3 is 0 Å². The quantitative estimate of drug-likeness (QED) is 0.478. The van der Waals surface area contributed by atoms with E-state index in [0.717, 1.165) is 19.5 Å². The average Bonchev–Trinajstić information content (AvgIpc) is 1.80. The number of rotatable bonds is 0. The molecule has 1 saturated heterocycles. The van der Waals surface area contributed by atoms with Crippen molar-refractivity contribution in [2.24, 2.45) is 5.73 Å². The molecule has 2 N–H and O–H groups in total. The van der Waals surface area contributed by atoms with Gasteiger partial charge in [-0.25, -0.2) is 10.0 Å². The van der Waals surface area contributed by atoms with E-state index in [-0.39, 0.29) is 0 Å². The van der Waals surface area contributed by atoms with E-state index in [1.807, 2.05) is 0 Å². The second-order valence-electron chi connectivity index (χ2n) is 2.77. The fourth-order valence-corrected chi connectivity index (χ4v) is 1.09. The highest BCUT2D eigenvalue weighted by Crippen LogP contribution is 2.03. The predicted molar refractivity (Wildman–Crippen MR) is 37.9 cm³/mol. The summed E-state index contributed by atoms with van der Waals surface area (Å²) < 4.78 is 0. The van der Waals surface area contributed by atoms with Crippen LogP contribution in [0.5, 0.6) is 0 Å². The summed E-state index contributed by atoms with van der Waals surface area (Å²) in [5, 5.41) is 4.36. The highest BCUT2D eigenvalue weighted by atomic mass is 15.6. The molecule has 3 nitrogen and oxygen atoms in total. The summed E-state index contributed by atoms with van der Waals surface area (Å²) in [6, 6.07) is 0.381. The third kappa shape index (κ3) is 1.64. The summed E-state index contributed by atoms with van der Waals surface area (Å²) in [5.74, 6) is 0. The molecule has 1 atom stereocenters. The third-order valence-electron chi connectivity index (χ3n) is 1.91. The van der Waals surface area contributed by atoms with Crippen LogP contribution in [0.2, 0.25) is 0 Å². The minimum absolute atomic E-state index is 0.381.